The summed E-state index contributed by atoms with van der Waals surface area (Å²) in [4.78, 5) is 10.9. The van der Waals surface area contributed by atoms with Gasteiger partial charge in [0.2, 0.25) is 0 Å². The van der Waals surface area contributed by atoms with E-state index in [4.69, 9.17) is 4.74 Å². The number of benzene rings is 1. The zero-order valence-corrected chi connectivity index (χ0v) is 12.0. The van der Waals surface area contributed by atoms with Gasteiger partial charge in [0, 0.05) is 0 Å². The van der Waals surface area contributed by atoms with E-state index in [0.29, 0.717) is 11.7 Å². The fourth-order valence-electron chi connectivity index (χ4n) is 1.43. The van der Waals surface area contributed by atoms with E-state index < -0.39 is 0 Å². The maximum atomic E-state index is 10.9. The van der Waals surface area contributed by atoms with Crippen LogP contribution in [0.4, 0.5) is 0 Å². The molecule has 0 aliphatic rings. The van der Waals surface area contributed by atoms with Gasteiger partial charge in [-0.05, 0) is 30.0 Å². The van der Waals surface area contributed by atoms with Crippen molar-refractivity contribution in [1.29, 1.82) is 0 Å². The minimum Gasteiger partial charge on any atom is -0.482 e. The zero-order chi connectivity index (χ0) is 14.0. The van der Waals surface area contributed by atoms with E-state index in [1.807, 2.05) is 32.0 Å². The average Bonchev–Trinajstić information content (AvgIpc) is 2.38. The van der Waals surface area contributed by atoms with E-state index in [0.717, 1.165) is 6.42 Å². The topological polar surface area (TPSA) is 35.5 Å². The van der Waals surface area contributed by atoms with Crippen LogP contribution >= 0.6 is 0 Å². The molecule has 0 saturated heterocycles. The Morgan fingerprint density at radius 2 is 1.94 bits per heavy atom. The molecule has 0 amide bonds. The molecule has 0 aromatic heterocycles. The normalized spacial score (nSPS) is 9.44. The van der Waals surface area contributed by atoms with Crippen molar-refractivity contribution in [2.24, 2.45) is 5.92 Å². The van der Waals surface area contributed by atoms with E-state index in [1.165, 1.54) is 12.7 Å². The van der Waals surface area contributed by atoms with Crippen molar-refractivity contribution in [3.8, 4) is 5.75 Å². The summed E-state index contributed by atoms with van der Waals surface area (Å²) in [5.74, 6) is 0.952. The van der Waals surface area contributed by atoms with Crippen molar-refractivity contribution < 1.29 is 14.3 Å². The number of carbonyl (C=O) groups is 1. The lowest BCUT2D eigenvalue weighted by Crippen LogP contribution is -2.12. The molecule has 3 nitrogen and oxygen atoms in total. The third-order valence-corrected chi connectivity index (χ3v) is 2.13. The molecule has 0 atom stereocenters. The number of methoxy groups -OCH3 is 1. The molecule has 102 valence electrons. The highest BCUT2D eigenvalue weighted by atomic mass is 16.6. The van der Waals surface area contributed by atoms with Gasteiger partial charge in [-0.1, -0.05) is 39.8 Å². The second kappa shape index (κ2) is 9.51. The van der Waals surface area contributed by atoms with E-state index in [2.05, 4.69) is 24.7 Å². The van der Waals surface area contributed by atoms with Crippen LogP contribution in [0.15, 0.2) is 24.3 Å². The summed E-state index contributed by atoms with van der Waals surface area (Å²) in [5.41, 5.74) is 1.22. The minimum atomic E-state index is -0.366. The number of hydrogen-bond acceptors (Lipinski definition) is 3. The molecule has 0 spiro atoms. The van der Waals surface area contributed by atoms with Crippen LogP contribution in [0.5, 0.6) is 5.75 Å². The van der Waals surface area contributed by atoms with Crippen molar-refractivity contribution in [2.45, 2.75) is 34.1 Å². The molecule has 0 aliphatic heterocycles. The minimum absolute atomic E-state index is 0.0400. The van der Waals surface area contributed by atoms with Gasteiger partial charge in [0.1, 0.15) is 5.75 Å². The second-order valence-corrected chi connectivity index (χ2v) is 4.11. The Balaban J connectivity index is 0.00000137. The van der Waals surface area contributed by atoms with Crippen molar-refractivity contribution in [1.82, 2.24) is 0 Å². The molecule has 1 aromatic carbocycles. The summed E-state index contributed by atoms with van der Waals surface area (Å²) in [5, 5.41) is 0. The number of esters is 1. The molecule has 3 heteroatoms. The Morgan fingerprint density at radius 3 is 2.50 bits per heavy atom. The van der Waals surface area contributed by atoms with Crippen molar-refractivity contribution in [2.75, 3.05) is 13.7 Å². The van der Waals surface area contributed by atoms with Gasteiger partial charge >= 0.3 is 5.97 Å². The highest BCUT2D eigenvalue weighted by Crippen LogP contribution is 2.16. The second-order valence-electron chi connectivity index (χ2n) is 4.11. The van der Waals surface area contributed by atoms with Gasteiger partial charge in [0.15, 0.2) is 6.61 Å². The molecule has 0 N–H and O–H groups in total. The Kier molecular flexibility index (Phi) is 8.71. The predicted octanol–water partition coefficient (Wildman–Crippen LogP) is 3.46. The molecule has 0 fully saturated rings. The first-order chi connectivity index (χ1) is 8.61. The monoisotopic (exact) mass is 252 g/mol. The molecule has 0 unspecified atom stereocenters. The Labute approximate surface area is 110 Å². The van der Waals surface area contributed by atoms with Gasteiger partial charge in [0.05, 0.1) is 7.11 Å². The van der Waals surface area contributed by atoms with Gasteiger partial charge in [-0.2, -0.15) is 0 Å². The first-order valence-corrected chi connectivity index (χ1v) is 6.40. The third-order valence-electron chi connectivity index (χ3n) is 2.13. The molecule has 1 rings (SSSR count). The quantitative estimate of drug-likeness (QED) is 0.753. The van der Waals surface area contributed by atoms with Crippen LogP contribution in [-0.2, 0) is 16.0 Å². The Bertz CT molecular complexity index is 345. The van der Waals surface area contributed by atoms with Crippen LogP contribution in [0.3, 0.4) is 0 Å². The molecule has 0 bridgehead atoms. The number of carbonyl (C=O) groups excluding carboxylic acids is 1. The SMILES string of the molecule is CC.COC(=O)COc1cccc(CC(C)C)c1. The van der Waals surface area contributed by atoms with Gasteiger partial charge in [0.25, 0.3) is 0 Å². The first-order valence-electron chi connectivity index (χ1n) is 6.40. The summed E-state index contributed by atoms with van der Waals surface area (Å²) in [6.45, 7) is 8.30. The molecule has 1 aromatic rings. The lowest BCUT2D eigenvalue weighted by Gasteiger charge is -2.08. The molecular formula is C15H24O3. The Hall–Kier alpha value is -1.51. The molecule has 0 radical (unpaired) electrons. The van der Waals surface area contributed by atoms with Crippen molar-refractivity contribution in [3.05, 3.63) is 29.8 Å². The fourth-order valence-corrected chi connectivity index (χ4v) is 1.43. The van der Waals surface area contributed by atoms with Gasteiger partial charge in [-0.25, -0.2) is 4.79 Å². The first kappa shape index (κ1) is 16.5. The molecule has 18 heavy (non-hydrogen) atoms. The van der Waals surface area contributed by atoms with E-state index in [1.54, 1.807) is 0 Å². The standard InChI is InChI=1S/C13H18O3.C2H6/c1-10(2)7-11-5-4-6-12(8-11)16-9-13(14)15-3;1-2/h4-6,8,10H,7,9H2,1-3H3;1-2H3. The van der Waals surface area contributed by atoms with Gasteiger partial charge in [-0.3, -0.25) is 0 Å². The molecule has 0 aliphatic carbocycles. The summed E-state index contributed by atoms with van der Waals surface area (Å²) in [6.07, 6.45) is 1.01. The van der Waals surface area contributed by atoms with Gasteiger partial charge in [-0.15, -0.1) is 0 Å². The summed E-state index contributed by atoms with van der Waals surface area (Å²) >= 11 is 0. The summed E-state index contributed by atoms with van der Waals surface area (Å²) in [6, 6.07) is 7.80. The van der Waals surface area contributed by atoms with Crippen LogP contribution in [0.25, 0.3) is 0 Å². The third kappa shape index (κ3) is 6.94. The van der Waals surface area contributed by atoms with Crippen LogP contribution in [0.2, 0.25) is 0 Å². The van der Waals surface area contributed by atoms with Crippen LogP contribution < -0.4 is 4.74 Å². The average molecular weight is 252 g/mol. The van der Waals surface area contributed by atoms with Crippen molar-refractivity contribution in [3.63, 3.8) is 0 Å². The highest BCUT2D eigenvalue weighted by molar-refractivity contribution is 5.70. The highest BCUT2D eigenvalue weighted by Gasteiger charge is 2.03. The maximum Gasteiger partial charge on any atom is 0.343 e. The van der Waals surface area contributed by atoms with E-state index >= 15 is 0 Å². The number of rotatable bonds is 5. The van der Waals surface area contributed by atoms with E-state index in [9.17, 15) is 4.79 Å². The zero-order valence-electron chi connectivity index (χ0n) is 12.0. The summed E-state index contributed by atoms with van der Waals surface area (Å²) < 4.78 is 9.81. The summed E-state index contributed by atoms with van der Waals surface area (Å²) in [7, 11) is 1.35. The van der Waals surface area contributed by atoms with Crippen LogP contribution in [0, 0.1) is 5.92 Å². The van der Waals surface area contributed by atoms with Gasteiger partial charge < -0.3 is 9.47 Å². The fraction of sp³-hybridized carbons (Fsp3) is 0.533. The number of ether oxygens (including phenoxy) is 2. The lowest BCUT2D eigenvalue weighted by molar-refractivity contribution is -0.142. The molecule has 0 heterocycles. The van der Waals surface area contributed by atoms with Crippen LogP contribution in [-0.4, -0.2) is 19.7 Å². The van der Waals surface area contributed by atoms with Crippen LogP contribution in [0.1, 0.15) is 33.3 Å². The molecule has 0 saturated carbocycles. The smallest absolute Gasteiger partial charge is 0.343 e. The van der Waals surface area contributed by atoms with Crippen molar-refractivity contribution >= 4 is 5.97 Å². The lowest BCUT2D eigenvalue weighted by atomic mass is 10.0. The largest absolute Gasteiger partial charge is 0.482 e. The molecular weight excluding hydrogens is 228 g/mol. The maximum absolute atomic E-state index is 10.9. The Morgan fingerprint density at radius 1 is 1.28 bits per heavy atom. The van der Waals surface area contributed by atoms with E-state index in [-0.39, 0.29) is 12.6 Å². The predicted molar refractivity (Wildman–Crippen MR) is 73.8 cm³/mol. The number of hydrogen-bond donors (Lipinski definition) is 0.